The van der Waals surface area contributed by atoms with Crippen LogP contribution in [0.3, 0.4) is 0 Å². The number of halogens is 1. The van der Waals surface area contributed by atoms with Crippen molar-refractivity contribution in [1.82, 2.24) is 0 Å². The zero-order valence-electron chi connectivity index (χ0n) is 10.3. The van der Waals surface area contributed by atoms with Crippen LogP contribution in [0, 0.1) is 0 Å². The van der Waals surface area contributed by atoms with E-state index in [0.29, 0.717) is 24.5 Å². The zero-order valence-corrected chi connectivity index (χ0v) is 11.9. The van der Waals surface area contributed by atoms with Crippen molar-refractivity contribution in [3.63, 3.8) is 0 Å². The molecule has 1 aromatic rings. The molecule has 0 aliphatic heterocycles. The van der Waals surface area contributed by atoms with Crippen molar-refractivity contribution in [1.29, 1.82) is 0 Å². The Labute approximate surface area is 110 Å². The summed E-state index contributed by atoms with van der Waals surface area (Å²) < 4.78 is 11.9. The van der Waals surface area contributed by atoms with Crippen molar-refractivity contribution in [3.8, 4) is 5.75 Å². The summed E-state index contributed by atoms with van der Waals surface area (Å²) in [5.74, 6) is 0.576. The third kappa shape index (κ3) is 5.33. The standard InChI is InChI=1S/C13H17BrO3/c1-13(2,3)17-7-6-16-12-8-11(14)5-4-10(12)9-15/h4-5,8-9H,6-7H2,1-3H3. The average molecular weight is 301 g/mol. The molecule has 3 nitrogen and oxygen atoms in total. The Bertz CT molecular complexity index is 383. The Balaban J connectivity index is 2.51. The van der Waals surface area contributed by atoms with Gasteiger partial charge in [-0.2, -0.15) is 0 Å². The Morgan fingerprint density at radius 3 is 2.59 bits per heavy atom. The molecular formula is C13H17BrO3. The molecule has 17 heavy (non-hydrogen) atoms. The highest BCUT2D eigenvalue weighted by molar-refractivity contribution is 9.10. The number of carbonyl (C=O) groups excluding carboxylic acids is 1. The number of ether oxygens (including phenoxy) is 2. The number of rotatable bonds is 5. The molecular weight excluding hydrogens is 284 g/mol. The van der Waals surface area contributed by atoms with E-state index in [2.05, 4.69) is 15.9 Å². The first-order chi connectivity index (χ1) is 7.92. The largest absolute Gasteiger partial charge is 0.490 e. The quantitative estimate of drug-likeness (QED) is 0.617. The van der Waals surface area contributed by atoms with E-state index in [-0.39, 0.29) is 5.60 Å². The molecule has 4 heteroatoms. The maximum absolute atomic E-state index is 10.8. The lowest BCUT2D eigenvalue weighted by atomic mass is 10.2. The second kappa shape index (κ2) is 6.17. The summed E-state index contributed by atoms with van der Waals surface area (Å²) in [5, 5.41) is 0. The number of carbonyl (C=O) groups is 1. The summed E-state index contributed by atoms with van der Waals surface area (Å²) in [7, 11) is 0. The summed E-state index contributed by atoms with van der Waals surface area (Å²) in [6.07, 6.45) is 0.784. The second-order valence-electron chi connectivity index (χ2n) is 4.61. The number of hydrogen-bond donors (Lipinski definition) is 0. The number of hydrogen-bond acceptors (Lipinski definition) is 3. The molecule has 0 unspecified atom stereocenters. The third-order valence-electron chi connectivity index (χ3n) is 1.98. The first-order valence-electron chi connectivity index (χ1n) is 5.44. The van der Waals surface area contributed by atoms with E-state index in [1.54, 1.807) is 12.1 Å². The summed E-state index contributed by atoms with van der Waals surface area (Å²) in [6.45, 7) is 6.89. The lowest BCUT2D eigenvalue weighted by Gasteiger charge is -2.19. The van der Waals surface area contributed by atoms with Gasteiger partial charge in [-0.1, -0.05) is 15.9 Å². The van der Waals surface area contributed by atoms with Gasteiger partial charge in [0, 0.05) is 4.47 Å². The molecule has 0 saturated heterocycles. The summed E-state index contributed by atoms with van der Waals surface area (Å²) in [5.41, 5.74) is 0.373. The van der Waals surface area contributed by atoms with E-state index in [1.165, 1.54) is 0 Å². The minimum atomic E-state index is -0.172. The SMILES string of the molecule is CC(C)(C)OCCOc1cc(Br)ccc1C=O. The van der Waals surface area contributed by atoms with Crippen molar-refractivity contribution < 1.29 is 14.3 Å². The summed E-state index contributed by atoms with van der Waals surface area (Å²) in [6, 6.07) is 5.31. The number of benzene rings is 1. The number of aldehydes is 1. The van der Waals surface area contributed by atoms with Crippen LogP contribution in [0.5, 0.6) is 5.75 Å². The molecule has 0 saturated carbocycles. The van der Waals surface area contributed by atoms with Crippen molar-refractivity contribution in [3.05, 3.63) is 28.2 Å². The molecule has 0 fully saturated rings. The molecule has 1 aromatic carbocycles. The van der Waals surface area contributed by atoms with Gasteiger partial charge in [0.2, 0.25) is 0 Å². The Kier molecular flexibility index (Phi) is 5.15. The van der Waals surface area contributed by atoms with Gasteiger partial charge in [-0.25, -0.2) is 0 Å². The smallest absolute Gasteiger partial charge is 0.153 e. The molecule has 0 aliphatic rings. The van der Waals surface area contributed by atoms with Crippen LogP contribution < -0.4 is 4.74 Å². The Hall–Kier alpha value is -0.870. The molecule has 1 rings (SSSR count). The molecule has 94 valence electrons. The molecule has 0 amide bonds. The van der Waals surface area contributed by atoms with E-state index < -0.39 is 0 Å². The van der Waals surface area contributed by atoms with Gasteiger partial charge in [0.15, 0.2) is 6.29 Å². The molecule has 0 N–H and O–H groups in total. The fourth-order valence-electron chi connectivity index (χ4n) is 1.23. The van der Waals surface area contributed by atoms with Crippen molar-refractivity contribution >= 4 is 22.2 Å². The monoisotopic (exact) mass is 300 g/mol. The van der Waals surface area contributed by atoms with Gasteiger partial charge in [-0.15, -0.1) is 0 Å². The second-order valence-corrected chi connectivity index (χ2v) is 5.52. The van der Waals surface area contributed by atoms with Crippen LogP contribution in [0.4, 0.5) is 0 Å². The normalized spacial score (nSPS) is 11.3. The van der Waals surface area contributed by atoms with Crippen LogP contribution in [0.15, 0.2) is 22.7 Å². The van der Waals surface area contributed by atoms with Gasteiger partial charge in [-0.3, -0.25) is 4.79 Å². The molecule has 0 aliphatic carbocycles. The topological polar surface area (TPSA) is 35.5 Å². The van der Waals surface area contributed by atoms with E-state index >= 15 is 0 Å². The van der Waals surface area contributed by atoms with E-state index in [0.717, 1.165) is 10.8 Å². The molecule has 0 spiro atoms. The van der Waals surface area contributed by atoms with E-state index in [4.69, 9.17) is 9.47 Å². The van der Waals surface area contributed by atoms with Gasteiger partial charge in [0.05, 0.1) is 17.8 Å². The molecule has 0 heterocycles. The van der Waals surface area contributed by atoms with Crippen molar-refractivity contribution in [2.24, 2.45) is 0 Å². The highest BCUT2D eigenvalue weighted by Gasteiger charge is 2.10. The Morgan fingerprint density at radius 2 is 2.00 bits per heavy atom. The maximum atomic E-state index is 10.8. The predicted molar refractivity (Wildman–Crippen MR) is 70.7 cm³/mol. The van der Waals surface area contributed by atoms with Crippen molar-refractivity contribution in [2.75, 3.05) is 13.2 Å². The van der Waals surface area contributed by atoms with Gasteiger partial charge in [-0.05, 0) is 39.0 Å². The maximum Gasteiger partial charge on any atom is 0.153 e. The zero-order chi connectivity index (χ0) is 12.9. The third-order valence-corrected chi connectivity index (χ3v) is 2.47. The molecule has 0 aromatic heterocycles. The highest BCUT2D eigenvalue weighted by atomic mass is 79.9. The van der Waals surface area contributed by atoms with Crippen molar-refractivity contribution in [2.45, 2.75) is 26.4 Å². The Morgan fingerprint density at radius 1 is 1.29 bits per heavy atom. The van der Waals surface area contributed by atoms with Crippen LogP contribution >= 0.6 is 15.9 Å². The first kappa shape index (κ1) is 14.2. The van der Waals surface area contributed by atoms with E-state index in [1.807, 2.05) is 26.8 Å². The van der Waals surface area contributed by atoms with Crippen LogP contribution in [0.2, 0.25) is 0 Å². The fourth-order valence-corrected chi connectivity index (χ4v) is 1.57. The minimum absolute atomic E-state index is 0.172. The van der Waals surface area contributed by atoms with Gasteiger partial charge >= 0.3 is 0 Å². The average Bonchev–Trinajstić information content (AvgIpc) is 2.23. The molecule has 0 bridgehead atoms. The van der Waals surface area contributed by atoms with Crippen LogP contribution in [-0.2, 0) is 4.74 Å². The lowest BCUT2D eigenvalue weighted by Crippen LogP contribution is -2.22. The highest BCUT2D eigenvalue weighted by Crippen LogP contribution is 2.22. The van der Waals surface area contributed by atoms with E-state index in [9.17, 15) is 4.79 Å². The fraction of sp³-hybridized carbons (Fsp3) is 0.462. The van der Waals surface area contributed by atoms with Crippen LogP contribution in [0.1, 0.15) is 31.1 Å². The summed E-state index contributed by atoms with van der Waals surface area (Å²) >= 11 is 3.34. The van der Waals surface area contributed by atoms with Gasteiger partial charge in [0.1, 0.15) is 12.4 Å². The first-order valence-corrected chi connectivity index (χ1v) is 6.23. The molecule has 0 atom stereocenters. The van der Waals surface area contributed by atoms with Crippen LogP contribution in [0.25, 0.3) is 0 Å². The molecule has 0 radical (unpaired) electrons. The van der Waals surface area contributed by atoms with Crippen LogP contribution in [-0.4, -0.2) is 25.1 Å². The summed E-state index contributed by atoms with van der Waals surface area (Å²) in [4.78, 5) is 10.8. The van der Waals surface area contributed by atoms with Gasteiger partial charge in [0.25, 0.3) is 0 Å². The predicted octanol–water partition coefficient (Wildman–Crippen LogP) is 3.46. The lowest BCUT2D eigenvalue weighted by molar-refractivity contribution is -0.0163. The van der Waals surface area contributed by atoms with Gasteiger partial charge < -0.3 is 9.47 Å². The minimum Gasteiger partial charge on any atom is -0.490 e.